The van der Waals surface area contributed by atoms with Crippen LogP contribution in [0.2, 0.25) is 0 Å². The minimum atomic E-state index is 0.228. The molecule has 0 aliphatic carbocycles. The number of piperazine rings is 1. The van der Waals surface area contributed by atoms with Crippen LogP contribution in [0.25, 0.3) is 0 Å². The molecule has 0 aromatic carbocycles. The van der Waals surface area contributed by atoms with Crippen molar-refractivity contribution < 1.29 is 0 Å². The van der Waals surface area contributed by atoms with Gasteiger partial charge in [-0.2, -0.15) is 20.2 Å². The predicted octanol–water partition coefficient (Wildman–Crippen LogP) is 6.10. The van der Waals surface area contributed by atoms with Crippen molar-refractivity contribution >= 4 is 78.5 Å². The second kappa shape index (κ2) is 14.4. The van der Waals surface area contributed by atoms with Gasteiger partial charge in [-0.05, 0) is 40.5 Å². The lowest BCUT2D eigenvalue weighted by molar-refractivity contribution is 0.206. The van der Waals surface area contributed by atoms with Crippen LogP contribution in [0.5, 0.6) is 0 Å². The van der Waals surface area contributed by atoms with Crippen LogP contribution in [-0.2, 0) is 0 Å². The Morgan fingerprint density at radius 3 is 1.40 bits per heavy atom. The quantitative estimate of drug-likeness (QED) is 0.246. The first-order chi connectivity index (χ1) is 20.3. The van der Waals surface area contributed by atoms with E-state index in [-0.39, 0.29) is 10.7 Å². The third kappa shape index (κ3) is 7.61. The SMILES string of the molecule is CCCCC1SC(C)=NN1/C(=N/c1nnc(C)s1)N1CCN(/C(=N\c2nnc(C)s2)N2N=C(C)SC2CCCC)CC1. The van der Waals surface area contributed by atoms with Gasteiger partial charge in [-0.25, -0.2) is 10.0 Å². The Labute approximate surface area is 264 Å². The summed E-state index contributed by atoms with van der Waals surface area (Å²) in [4.78, 5) is 14.8. The maximum atomic E-state index is 5.04. The average Bonchev–Trinajstić information content (AvgIpc) is 3.76. The summed E-state index contributed by atoms with van der Waals surface area (Å²) < 4.78 is 0. The first-order valence-corrected chi connectivity index (χ1v) is 18.0. The molecule has 5 rings (SSSR count). The fraction of sp³-hybridized carbons (Fsp3) is 0.692. The molecule has 2 atom stereocenters. The summed E-state index contributed by atoms with van der Waals surface area (Å²) in [6.45, 7) is 15.6. The number of hydrogen-bond donors (Lipinski definition) is 0. The highest BCUT2D eigenvalue weighted by Crippen LogP contribution is 2.34. The van der Waals surface area contributed by atoms with Crippen LogP contribution in [0.3, 0.4) is 0 Å². The van der Waals surface area contributed by atoms with Gasteiger partial charge >= 0.3 is 0 Å². The number of aliphatic imine (C=N–C) groups is 2. The molecule has 1 fully saturated rings. The van der Waals surface area contributed by atoms with Gasteiger partial charge in [-0.1, -0.05) is 85.7 Å². The molecule has 0 spiro atoms. The van der Waals surface area contributed by atoms with E-state index in [1.165, 1.54) is 22.7 Å². The summed E-state index contributed by atoms with van der Waals surface area (Å²) in [6.07, 6.45) is 6.70. The molecule has 0 N–H and O–H groups in total. The summed E-state index contributed by atoms with van der Waals surface area (Å²) in [6, 6.07) is 0. The molecule has 0 radical (unpaired) electrons. The van der Waals surface area contributed by atoms with Crippen LogP contribution in [-0.4, -0.2) is 99.1 Å². The molecular weight excluding hydrogens is 609 g/mol. The molecule has 16 heteroatoms. The van der Waals surface area contributed by atoms with Gasteiger partial charge in [0, 0.05) is 26.2 Å². The molecule has 2 aromatic rings. The zero-order valence-corrected chi connectivity index (χ0v) is 28.5. The van der Waals surface area contributed by atoms with Crippen molar-refractivity contribution in [1.82, 2.24) is 40.2 Å². The fourth-order valence-electron chi connectivity index (χ4n) is 4.91. The van der Waals surface area contributed by atoms with Gasteiger partial charge in [0.25, 0.3) is 0 Å². The molecule has 3 aliphatic heterocycles. The molecule has 2 aromatic heterocycles. The summed E-state index contributed by atoms with van der Waals surface area (Å²) >= 11 is 6.67. The molecule has 5 heterocycles. The smallest absolute Gasteiger partial charge is 0.234 e. The molecule has 3 aliphatic rings. The molecule has 2 unspecified atom stereocenters. The monoisotopic (exact) mass is 648 g/mol. The number of aryl methyl sites for hydroxylation is 2. The molecule has 42 heavy (non-hydrogen) atoms. The van der Waals surface area contributed by atoms with Gasteiger partial charge in [-0.15, -0.1) is 20.4 Å². The van der Waals surface area contributed by atoms with Gasteiger partial charge in [0.05, 0.1) is 10.1 Å². The maximum Gasteiger partial charge on any atom is 0.234 e. The third-order valence-corrected chi connectivity index (χ3v) is 10.7. The van der Waals surface area contributed by atoms with E-state index in [2.05, 4.69) is 67.9 Å². The second-order valence-corrected chi connectivity index (χ2v) is 15.4. The topological polar surface area (TPSA) is 114 Å². The summed E-state index contributed by atoms with van der Waals surface area (Å²) in [5.41, 5.74) is 0. The van der Waals surface area contributed by atoms with Crippen molar-refractivity contribution in [2.24, 2.45) is 20.2 Å². The molecule has 0 bridgehead atoms. The summed E-state index contributed by atoms with van der Waals surface area (Å²) in [7, 11) is 0. The maximum absolute atomic E-state index is 5.04. The molecule has 1 saturated heterocycles. The summed E-state index contributed by atoms with van der Waals surface area (Å²) in [5, 5.41) is 36.9. The van der Waals surface area contributed by atoms with Crippen molar-refractivity contribution in [3.63, 3.8) is 0 Å². The molecule has 12 nitrogen and oxygen atoms in total. The normalized spacial score (nSPS) is 22.0. The van der Waals surface area contributed by atoms with Crippen LogP contribution in [0.15, 0.2) is 20.2 Å². The highest BCUT2D eigenvalue weighted by Gasteiger charge is 2.37. The Kier molecular flexibility index (Phi) is 10.7. The zero-order chi connectivity index (χ0) is 29.6. The lowest BCUT2D eigenvalue weighted by Gasteiger charge is -2.41. The van der Waals surface area contributed by atoms with Gasteiger partial charge < -0.3 is 9.80 Å². The Balaban J connectivity index is 1.40. The van der Waals surface area contributed by atoms with Crippen LogP contribution in [0, 0.1) is 13.8 Å². The van der Waals surface area contributed by atoms with Crippen LogP contribution in [0.1, 0.15) is 76.2 Å². The predicted molar refractivity (Wildman–Crippen MR) is 178 cm³/mol. The van der Waals surface area contributed by atoms with Crippen LogP contribution >= 0.6 is 46.2 Å². The van der Waals surface area contributed by atoms with Gasteiger partial charge in [0.15, 0.2) is 0 Å². The zero-order valence-electron chi connectivity index (χ0n) is 25.2. The Hall–Kier alpha value is -2.30. The largest absolute Gasteiger partial charge is 0.337 e. The van der Waals surface area contributed by atoms with Crippen molar-refractivity contribution in [2.45, 2.75) is 90.8 Å². The van der Waals surface area contributed by atoms with Gasteiger partial charge in [0.1, 0.15) is 20.8 Å². The third-order valence-electron chi connectivity index (χ3n) is 6.94. The minimum Gasteiger partial charge on any atom is -0.337 e. The first-order valence-electron chi connectivity index (χ1n) is 14.6. The van der Waals surface area contributed by atoms with E-state index in [0.717, 1.165) is 96.7 Å². The lowest BCUT2D eigenvalue weighted by Crippen LogP contribution is -2.57. The molecule has 0 amide bonds. The summed E-state index contributed by atoms with van der Waals surface area (Å²) in [5.74, 6) is 1.70. The van der Waals surface area contributed by atoms with E-state index in [1.54, 1.807) is 0 Å². The lowest BCUT2D eigenvalue weighted by atomic mass is 10.2. The molecular formula is C26H40N12S4. The number of unbranched alkanes of at least 4 members (excludes halogenated alkanes) is 2. The highest BCUT2D eigenvalue weighted by molar-refractivity contribution is 8.14. The molecule has 228 valence electrons. The van der Waals surface area contributed by atoms with Crippen molar-refractivity contribution in [3.05, 3.63) is 10.0 Å². The number of hydrogen-bond acceptors (Lipinski definition) is 12. The number of hydrazone groups is 2. The first kappa shape index (κ1) is 31.1. The van der Waals surface area contributed by atoms with Crippen molar-refractivity contribution in [3.8, 4) is 0 Å². The van der Waals surface area contributed by atoms with E-state index >= 15 is 0 Å². The van der Waals surface area contributed by atoms with Crippen molar-refractivity contribution in [1.29, 1.82) is 0 Å². The molecule has 0 saturated carbocycles. The van der Waals surface area contributed by atoms with Crippen LogP contribution < -0.4 is 0 Å². The fourth-order valence-corrected chi connectivity index (χ4v) is 8.13. The number of nitrogens with zero attached hydrogens (tertiary/aromatic N) is 12. The Bertz CT molecular complexity index is 1230. The van der Waals surface area contributed by atoms with E-state index in [0.29, 0.717) is 10.3 Å². The van der Waals surface area contributed by atoms with E-state index < -0.39 is 0 Å². The van der Waals surface area contributed by atoms with E-state index in [4.69, 9.17) is 20.2 Å². The van der Waals surface area contributed by atoms with Crippen LogP contribution in [0.4, 0.5) is 10.3 Å². The van der Waals surface area contributed by atoms with Gasteiger partial charge in [0.2, 0.25) is 22.2 Å². The standard InChI is InChI=1S/C26H40N12S4/c1-7-9-11-21-37(33-19(5)39-21)25(27-23-31-29-17(3)41-23)35-13-15-36(16-14-35)26(28-24-32-30-18(4)42-24)38-22(12-10-8-2)40-20(6)34-38/h21-22H,7-16H2,1-6H3/b27-25+,28-26+. The second-order valence-electron chi connectivity index (χ2n) is 10.4. The average molecular weight is 649 g/mol. The Morgan fingerprint density at radius 2 is 1.07 bits per heavy atom. The number of aromatic nitrogens is 4. The van der Waals surface area contributed by atoms with E-state index in [9.17, 15) is 0 Å². The van der Waals surface area contributed by atoms with Crippen molar-refractivity contribution in [2.75, 3.05) is 26.2 Å². The minimum absolute atomic E-state index is 0.228. The number of thioether (sulfide) groups is 2. The highest BCUT2D eigenvalue weighted by atomic mass is 32.2. The number of guanidine groups is 2. The van der Waals surface area contributed by atoms with E-state index in [1.807, 2.05) is 37.4 Å². The number of rotatable bonds is 8. The Morgan fingerprint density at radius 1 is 0.667 bits per heavy atom. The van der Waals surface area contributed by atoms with Gasteiger partial charge in [-0.3, -0.25) is 0 Å².